The Bertz CT molecular complexity index is 443. The summed E-state index contributed by atoms with van der Waals surface area (Å²) in [6, 6.07) is 3.88. The van der Waals surface area contributed by atoms with Gasteiger partial charge in [-0.05, 0) is 50.5 Å². The number of aliphatic hydroxyl groups excluding tert-OH is 1. The minimum atomic E-state index is -0.213. The Hall–Kier alpha value is -1.55. The van der Waals surface area contributed by atoms with E-state index < -0.39 is 0 Å². The molecule has 1 aromatic rings. The summed E-state index contributed by atoms with van der Waals surface area (Å²) in [4.78, 5) is 11.5. The first kappa shape index (κ1) is 15.5. The number of nitrogens with one attached hydrogen (secondary N) is 1. The van der Waals surface area contributed by atoms with Crippen molar-refractivity contribution in [2.45, 2.75) is 40.2 Å². The molecule has 0 radical (unpaired) electrons. The van der Waals surface area contributed by atoms with Crippen LogP contribution in [0, 0.1) is 20.8 Å². The Labute approximate surface area is 114 Å². The molecule has 19 heavy (non-hydrogen) atoms. The van der Waals surface area contributed by atoms with Gasteiger partial charge in [-0.1, -0.05) is 6.07 Å². The monoisotopic (exact) mass is 265 g/mol. The van der Waals surface area contributed by atoms with E-state index in [2.05, 4.69) is 11.4 Å². The largest absolute Gasteiger partial charge is 0.493 e. The van der Waals surface area contributed by atoms with Crippen LogP contribution in [-0.2, 0) is 4.79 Å². The molecule has 1 rings (SSSR count). The Morgan fingerprint density at radius 2 is 2.05 bits per heavy atom. The summed E-state index contributed by atoms with van der Waals surface area (Å²) in [5.74, 6) is 0.726. The van der Waals surface area contributed by atoms with Crippen LogP contribution in [0.25, 0.3) is 0 Å². The molecular weight excluding hydrogens is 242 g/mol. The average molecular weight is 265 g/mol. The van der Waals surface area contributed by atoms with Crippen molar-refractivity contribution in [3.63, 3.8) is 0 Å². The smallest absolute Gasteiger partial charge is 0.223 e. The number of hydrogen-bond donors (Lipinski definition) is 2. The molecule has 0 bridgehead atoms. The van der Waals surface area contributed by atoms with E-state index in [9.17, 15) is 4.79 Å². The number of rotatable bonds is 6. The molecule has 0 heterocycles. The third kappa shape index (κ3) is 4.91. The van der Waals surface area contributed by atoms with Crippen LogP contribution in [0.5, 0.6) is 5.75 Å². The molecule has 0 aliphatic heterocycles. The number of amides is 1. The van der Waals surface area contributed by atoms with Gasteiger partial charge in [0.25, 0.3) is 0 Å². The van der Waals surface area contributed by atoms with Gasteiger partial charge in [0.2, 0.25) is 5.91 Å². The SMILES string of the molecule is Cc1cc(C)c(C)c(OCCC(=O)NC(C)CO)c1. The molecule has 1 unspecified atom stereocenters. The summed E-state index contributed by atoms with van der Waals surface area (Å²) in [6.07, 6.45) is 0.288. The average Bonchev–Trinajstić information content (AvgIpc) is 2.34. The molecule has 0 aliphatic carbocycles. The molecule has 2 N–H and O–H groups in total. The van der Waals surface area contributed by atoms with Gasteiger partial charge >= 0.3 is 0 Å². The Morgan fingerprint density at radius 3 is 2.68 bits per heavy atom. The first-order valence-electron chi connectivity index (χ1n) is 6.55. The molecule has 106 valence electrons. The standard InChI is InChI=1S/C15H23NO3/c1-10-7-11(2)13(4)14(8-10)19-6-5-15(18)16-12(3)9-17/h7-8,12,17H,5-6,9H2,1-4H3,(H,16,18). The summed E-state index contributed by atoms with van der Waals surface area (Å²) < 4.78 is 5.66. The highest BCUT2D eigenvalue weighted by molar-refractivity contribution is 5.76. The van der Waals surface area contributed by atoms with Crippen molar-refractivity contribution in [2.75, 3.05) is 13.2 Å². The van der Waals surface area contributed by atoms with E-state index in [1.807, 2.05) is 26.8 Å². The van der Waals surface area contributed by atoms with E-state index in [0.717, 1.165) is 16.9 Å². The topological polar surface area (TPSA) is 58.6 Å². The van der Waals surface area contributed by atoms with Gasteiger partial charge in [0, 0.05) is 6.04 Å². The van der Waals surface area contributed by atoms with Crippen molar-refractivity contribution in [1.82, 2.24) is 5.32 Å². The Balaban J connectivity index is 2.47. The molecule has 4 heteroatoms. The molecule has 1 aromatic carbocycles. The van der Waals surface area contributed by atoms with Crippen molar-refractivity contribution in [1.29, 1.82) is 0 Å². The third-order valence-corrected chi connectivity index (χ3v) is 3.03. The van der Waals surface area contributed by atoms with Gasteiger partial charge in [-0.2, -0.15) is 0 Å². The number of aliphatic hydroxyl groups is 1. The second-order valence-corrected chi connectivity index (χ2v) is 4.95. The normalized spacial score (nSPS) is 12.1. The van der Waals surface area contributed by atoms with Gasteiger partial charge in [-0.3, -0.25) is 4.79 Å². The number of carbonyl (C=O) groups is 1. The summed E-state index contributed by atoms with van der Waals surface area (Å²) in [5.41, 5.74) is 3.44. The van der Waals surface area contributed by atoms with Crippen LogP contribution in [0.3, 0.4) is 0 Å². The van der Waals surface area contributed by atoms with Gasteiger partial charge in [0.1, 0.15) is 5.75 Å². The molecule has 0 fully saturated rings. The number of hydrogen-bond acceptors (Lipinski definition) is 3. The minimum Gasteiger partial charge on any atom is -0.493 e. The van der Waals surface area contributed by atoms with E-state index in [0.29, 0.717) is 6.61 Å². The molecule has 1 amide bonds. The van der Waals surface area contributed by atoms with Crippen LogP contribution in [0.1, 0.15) is 30.0 Å². The third-order valence-electron chi connectivity index (χ3n) is 3.03. The first-order chi connectivity index (χ1) is 8.93. The van der Waals surface area contributed by atoms with E-state index >= 15 is 0 Å². The lowest BCUT2D eigenvalue weighted by atomic mass is 10.1. The van der Waals surface area contributed by atoms with Crippen molar-refractivity contribution >= 4 is 5.91 Å². The van der Waals surface area contributed by atoms with Gasteiger partial charge in [0.05, 0.1) is 19.6 Å². The van der Waals surface area contributed by atoms with Crippen LogP contribution in [0.2, 0.25) is 0 Å². The number of carbonyl (C=O) groups excluding carboxylic acids is 1. The maximum atomic E-state index is 11.5. The summed E-state index contributed by atoms with van der Waals surface area (Å²) in [6.45, 7) is 8.13. The van der Waals surface area contributed by atoms with Crippen molar-refractivity contribution in [3.8, 4) is 5.75 Å². The zero-order valence-corrected chi connectivity index (χ0v) is 12.1. The van der Waals surface area contributed by atoms with Crippen LogP contribution in [-0.4, -0.2) is 30.3 Å². The first-order valence-corrected chi connectivity index (χ1v) is 6.55. The van der Waals surface area contributed by atoms with E-state index in [4.69, 9.17) is 9.84 Å². The zero-order valence-electron chi connectivity index (χ0n) is 12.1. The van der Waals surface area contributed by atoms with Crippen molar-refractivity contribution in [3.05, 3.63) is 28.8 Å². The molecule has 0 spiro atoms. The zero-order chi connectivity index (χ0) is 14.4. The molecule has 0 aromatic heterocycles. The van der Waals surface area contributed by atoms with Gasteiger partial charge < -0.3 is 15.2 Å². The fourth-order valence-electron chi connectivity index (χ4n) is 1.80. The van der Waals surface area contributed by atoms with Crippen LogP contribution >= 0.6 is 0 Å². The molecule has 0 saturated heterocycles. The molecule has 0 saturated carbocycles. The lowest BCUT2D eigenvalue weighted by Gasteiger charge is -2.13. The maximum Gasteiger partial charge on any atom is 0.223 e. The summed E-state index contributed by atoms with van der Waals surface area (Å²) in [7, 11) is 0. The summed E-state index contributed by atoms with van der Waals surface area (Å²) >= 11 is 0. The fraction of sp³-hybridized carbons (Fsp3) is 0.533. The maximum absolute atomic E-state index is 11.5. The molecule has 4 nitrogen and oxygen atoms in total. The highest BCUT2D eigenvalue weighted by atomic mass is 16.5. The van der Waals surface area contributed by atoms with E-state index in [-0.39, 0.29) is 25.0 Å². The molecule has 1 atom stereocenters. The predicted molar refractivity (Wildman–Crippen MR) is 75.5 cm³/mol. The second-order valence-electron chi connectivity index (χ2n) is 4.95. The van der Waals surface area contributed by atoms with Crippen molar-refractivity contribution in [2.24, 2.45) is 0 Å². The Morgan fingerprint density at radius 1 is 1.37 bits per heavy atom. The van der Waals surface area contributed by atoms with Gasteiger partial charge in [-0.25, -0.2) is 0 Å². The van der Waals surface area contributed by atoms with E-state index in [1.165, 1.54) is 5.56 Å². The second kappa shape index (κ2) is 7.14. The number of benzene rings is 1. The van der Waals surface area contributed by atoms with Gasteiger partial charge in [0.15, 0.2) is 0 Å². The Kier molecular flexibility index (Phi) is 5.83. The number of aryl methyl sites for hydroxylation is 2. The number of ether oxygens (including phenoxy) is 1. The summed E-state index contributed by atoms with van der Waals surface area (Å²) in [5, 5.41) is 11.5. The predicted octanol–water partition coefficient (Wildman–Crippen LogP) is 1.88. The van der Waals surface area contributed by atoms with Crippen LogP contribution < -0.4 is 10.1 Å². The molecular formula is C15H23NO3. The van der Waals surface area contributed by atoms with E-state index in [1.54, 1.807) is 6.92 Å². The van der Waals surface area contributed by atoms with Crippen LogP contribution in [0.15, 0.2) is 12.1 Å². The lowest BCUT2D eigenvalue weighted by molar-refractivity contribution is -0.122. The van der Waals surface area contributed by atoms with Crippen LogP contribution in [0.4, 0.5) is 0 Å². The quantitative estimate of drug-likeness (QED) is 0.825. The molecule has 0 aliphatic rings. The van der Waals surface area contributed by atoms with Crippen molar-refractivity contribution < 1.29 is 14.6 Å². The minimum absolute atomic E-state index is 0.0528. The highest BCUT2D eigenvalue weighted by Gasteiger charge is 2.08. The van der Waals surface area contributed by atoms with Gasteiger partial charge in [-0.15, -0.1) is 0 Å². The lowest BCUT2D eigenvalue weighted by Crippen LogP contribution is -2.35. The fourth-order valence-corrected chi connectivity index (χ4v) is 1.80. The highest BCUT2D eigenvalue weighted by Crippen LogP contribution is 2.23.